The van der Waals surface area contributed by atoms with Crippen molar-refractivity contribution in [3.63, 3.8) is 0 Å². The fraction of sp³-hybridized carbons (Fsp3) is 0.480. The van der Waals surface area contributed by atoms with E-state index in [4.69, 9.17) is 28.8 Å². The molecule has 35 heavy (non-hydrogen) atoms. The highest BCUT2D eigenvalue weighted by Crippen LogP contribution is 2.24. The van der Waals surface area contributed by atoms with E-state index in [0.717, 1.165) is 10.5 Å². The lowest BCUT2D eigenvalue weighted by Crippen LogP contribution is -2.53. The van der Waals surface area contributed by atoms with Crippen LogP contribution in [0.25, 0.3) is 0 Å². The van der Waals surface area contributed by atoms with Crippen molar-refractivity contribution in [3.05, 3.63) is 59.9 Å². The highest BCUT2D eigenvalue weighted by Gasteiger charge is 2.46. The van der Waals surface area contributed by atoms with Gasteiger partial charge in [0.2, 0.25) is 0 Å². The molecule has 2 heterocycles. The molecule has 10 nitrogen and oxygen atoms in total. The van der Waals surface area contributed by atoms with Gasteiger partial charge in [-0.2, -0.15) is 0 Å². The topological polar surface area (TPSA) is 121 Å². The summed E-state index contributed by atoms with van der Waals surface area (Å²) in [6.07, 6.45) is 2.18. The molecule has 3 atom stereocenters. The minimum atomic E-state index is -1.32. The second-order valence-corrected chi connectivity index (χ2v) is 7.90. The molecule has 190 valence electrons. The van der Waals surface area contributed by atoms with Crippen LogP contribution in [0.4, 0.5) is 4.79 Å². The van der Waals surface area contributed by atoms with Gasteiger partial charge in [0.05, 0.1) is 39.1 Å². The summed E-state index contributed by atoms with van der Waals surface area (Å²) in [5, 5.41) is 8.66. The van der Waals surface area contributed by atoms with Crippen LogP contribution in [0.3, 0.4) is 0 Å². The molecule has 2 amide bonds. The van der Waals surface area contributed by atoms with Crippen molar-refractivity contribution in [1.82, 2.24) is 4.90 Å². The Bertz CT molecular complexity index is 915. The number of amides is 2. The fourth-order valence-corrected chi connectivity index (χ4v) is 3.76. The van der Waals surface area contributed by atoms with Crippen molar-refractivity contribution in [2.24, 2.45) is 0 Å². The average molecular weight is 490 g/mol. The van der Waals surface area contributed by atoms with Gasteiger partial charge in [-0.25, -0.2) is 9.69 Å². The lowest BCUT2D eigenvalue weighted by atomic mass is 10.0. The molecule has 0 saturated carbocycles. The molecule has 1 fully saturated rings. The predicted octanol–water partition coefficient (Wildman–Crippen LogP) is 1.42. The Kier molecular flexibility index (Phi) is 10.4. The number of carbonyl (C=O) groups excluding carboxylic acids is 3. The van der Waals surface area contributed by atoms with Crippen LogP contribution in [0.1, 0.15) is 12.0 Å². The summed E-state index contributed by atoms with van der Waals surface area (Å²) in [6, 6.07) is 8.93. The molecule has 2 aliphatic rings. The molecule has 0 bridgehead atoms. The summed E-state index contributed by atoms with van der Waals surface area (Å²) in [5.41, 5.74) is 0.947. The number of carbonyl (C=O) groups is 3. The summed E-state index contributed by atoms with van der Waals surface area (Å²) in [6.45, 7) is 1.46. The van der Waals surface area contributed by atoms with Crippen LogP contribution in [-0.2, 0) is 39.7 Å². The number of allylic oxidation sites excluding steroid dienone is 1. The molecule has 10 heteroatoms. The maximum Gasteiger partial charge on any atom is 0.417 e. The van der Waals surface area contributed by atoms with Crippen molar-refractivity contribution in [2.75, 3.05) is 46.8 Å². The van der Waals surface area contributed by atoms with Gasteiger partial charge in [0.25, 0.3) is 5.91 Å². The van der Waals surface area contributed by atoms with E-state index in [2.05, 4.69) is 0 Å². The van der Waals surface area contributed by atoms with Gasteiger partial charge in [0.15, 0.2) is 18.0 Å². The van der Waals surface area contributed by atoms with Crippen molar-refractivity contribution >= 4 is 17.8 Å². The Hall–Kier alpha value is -3.05. The smallest absolute Gasteiger partial charge is 0.417 e. The summed E-state index contributed by atoms with van der Waals surface area (Å²) >= 11 is 0. The predicted molar refractivity (Wildman–Crippen MR) is 123 cm³/mol. The van der Waals surface area contributed by atoms with Gasteiger partial charge in [-0.15, -0.1) is 0 Å². The summed E-state index contributed by atoms with van der Waals surface area (Å²) in [7, 11) is 1.29. The van der Waals surface area contributed by atoms with Crippen LogP contribution in [0, 0.1) is 0 Å². The maximum absolute atomic E-state index is 13.3. The van der Waals surface area contributed by atoms with Crippen molar-refractivity contribution in [2.45, 2.75) is 31.1 Å². The van der Waals surface area contributed by atoms with Gasteiger partial charge in [-0.05, 0) is 36.6 Å². The number of rotatable bonds is 13. The second-order valence-electron chi connectivity index (χ2n) is 7.90. The number of ketones is 1. The number of nitrogens with zero attached hydrogens (tertiary/aromatic N) is 1. The van der Waals surface area contributed by atoms with E-state index in [1.807, 2.05) is 30.3 Å². The van der Waals surface area contributed by atoms with Gasteiger partial charge in [0, 0.05) is 7.11 Å². The molecule has 0 unspecified atom stereocenters. The van der Waals surface area contributed by atoms with Crippen molar-refractivity contribution in [1.29, 1.82) is 0 Å². The standard InChI is InChI=1S/C25H31NO9/c1-31-23(24(29)26-19(17-34-25(26)30)16-18-6-3-2-4-7-18)22-21(28)10-9-20(35-22)8-5-12-32-14-15-33-13-11-27/h2-4,6-10,19,22-23,27H,5,11-17H2,1H3/t19-,22+,23-/m1/s1. The zero-order chi connectivity index (χ0) is 25.0. The van der Waals surface area contributed by atoms with E-state index in [1.165, 1.54) is 19.3 Å². The SMILES string of the molecule is CO[C@@H](C(=O)N1C(=O)OC[C@H]1Cc1ccccc1)[C@H]1OC(=CCCOCCOCCO)C=CC1=O. The summed E-state index contributed by atoms with van der Waals surface area (Å²) in [4.78, 5) is 39.3. The Labute approximate surface area is 204 Å². The van der Waals surface area contributed by atoms with E-state index < -0.39 is 36.0 Å². The van der Waals surface area contributed by atoms with E-state index in [-0.39, 0.29) is 19.8 Å². The molecular formula is C25H31NO9. The number of imide groups is 1. The lowest BCUT2D eigenvalue weighted by molar-refractivity contribution is -0.153. The van der Waals surface area contributed by atoms with Gasteiger partial charge in [0.1, 0.15) is 12.4 Å². The largest absolute Gasteiger partial charge is 0.479 e. The zero-order valence-corrected chi connectivity index (χ0v) is 19.7. The Balaban J connectivity index is 1.60. The Morgan fingerprint density at radius 2 is 1.89 bits per heavy atom. The van der Waals surface area contributed by atoms with Crippen LogP contribution in [0.5, 0.6) is 0 Å². The van der Waals surface area contributed by atoms with Crippen LogP contribution in [-0.4, -0.2) is 92.8 Å². The number of ether oxygens (including phenoxy) is 5. The minimum absolute atomic E-state index is 0.0345. The van der Waals surface area contributed by atoms with Gasteiger partial charge < -0.3 is 28.8 Å². The van der Waals surface area contributed by atoms with Gasteiger partial charge in [-0.3, -0.25) is 9.59 Å². The number of aliphatic hydroxyl groups is 1. The summed E-state index contributed by atoms with van der Waals surface area (Å²) < 4.78 is 26.8. The lowest BCUT2D eigenvalue weighted by Gasteiger charge is -2.30. The first-order chi connectivity index (χ1) is 17.0. The first-order valence-corrected chi connectivity index (χ1v) is 11.5. The highest BCUT2D eigenvalue weighted by atomic mass is 16.6. The molecule has 1 aromatic rings. The van der Waals surface area contributed by atoms with Crippen molar-refractivity contribution in [3.8, 4) is 0 Å². The molecule has 1 saturated heterocycles. The van der Waals surface area contributed by atoms with E-state index in [0.29, 0.717) is 38.4 Å². The molecule has 2 aliphatic heterocycles. The van der Waals surface area contributed by atoms with Crippen LogP contribution < -0.4 is 0 Å². The number of hydrogen-bond acceptors (Lipinski definition) is 9. The normalized spacial score (nSPS) is 21.8. The third kappa shape index (κ3) is 7.46. The highest BCUT2D eigenvalue weighted by molar-refractivity contribution is 6.03. The van der Waals surface area contributed by atoms with E-state index >= 15 is 0 Å². The van der Waals surface area contributed by atoms with Crippen LogP contribution >= 0.6 is 0 Å². The zero-order valence-electron chi connectivity index (χ0n) is 19.7. The molecule has 0 radical (unpaired) electrons. The molecule has 1 aromatic carbocycles. The number of cyclic esters (lactones) is 1. The average Bonchev–Trinajstić information content (AvgIpc) is 3.23. The Morgan fingerprint density at radius 1 is 1.14 bits per heavy atom. The molecule has 0 aromatic heterocycles. The first-order valence-electron chi connectivity index (χ1n) is 11.5. The number of aliphatic hydroxyl groups excluding tert-OH is 1. The number of methoxy groups -OCH3 is 1. The Morgan fingerprint density at radius 3 is 2.60 bits per heavy atom. The molecule has 1 N–H and O–H groups in total. The number of hydrogen-bond donors (Lipinski definition) is 1. The second kappa shape index (κ2) is 13.7. The molecule has 0 spiro atoms. The van der Waals surface area contributed by atoms with E-state index in [9.17, 15) is 14.4 Å². The monoisotopic (exact) mass is 489 g/mol. The quantitative estimate of drug-likeness (QED) is 0.410. The maximum atomic E-state index is 13.3. The third-order valence-electron chi connectivity index (χ3n) is 5.46. The third-order valence-corrected chi connectivity index (χ3v) is 5.46. The minimum Gasteiger partial charge on any atom is -0.479 e. The number of benzene rings is 1. The summed E-state index contributed by atoms with van der Waals surface area (Å²) in [5.74, 6) is -0.726. The fourth-order valence-electron chi connectivity index (χ4n) is 3.76. The van der Waals surface area contributed by atoms with Crippen LogP contribution in [0.2, 0.25) is 0 Å². The first kappa shape index (κ1) is 26.6. The van der Waals surface area contributed by atoms with Gasteiger partial charge in [-0.1, -0.05) is 30.3 Å². The van der Waals surface area contributed by atoms with Gasteiger partial charge >= 0.3 is 6.09 Å². The molecule has 3 rings (SSSR count). The van der Waals surface area contributed by atoms with Crippen LogP contribution in [0.15, 0.2) is 54.3 Å². The van der Waals surface area contributed by atoms with E-state index in [1.54, 1.807) is 6.08 Å². The molecule has 0 aliphatic carbocycles. The molecular weight excluding hydrogens is 458 g/mol. The van der Waals surface area contributed by atoms with Crippen molar-refractivity contribution < 1.29 is 43.2 Å².